The van der Waals surface area contributed by atoms with E-state index < -0.39 is 0 Å². The monoisotopic (exact) mass is 1120 g/mol. The molecule has 0 spiro atoms. The van der Waals surface area contributed by atoms with E-state index in [2.05, 4.69) is 290 Å². The predicted molar refractivity (Wildman–Crippen MR) is 349 cm³/mol. The van der Waals surface area contributed by atoms with Crippen LogP contribution in [0.4, 0.5) is 28.4 Å². The van der Waals surface area contributed by atoms with E-state index in [1.165, 1.54) is 164 Å². The number of benzene rings is 10. The van der Waals surface area contributed by atoms with Crippen molar-refractivity contribution in [3.8, 4) is 44.5 Å². The van der Waals surface area contributed by atoms with Crippen molar-refractivity contribution in [3.63, 3.8) is 0 Å². The molecule has 0 aliphatic heterocycles. The summed E-state index contributed by atoms with van der Waals surface area (Å²) in [7, 11) is 0. The number of hydrogen-bond acceptors (Lipinski definition) is 2. The number of nitrogens with zero attached hydrogens (tertiary/aromatic N) is 1. The van der Waals surface area contributed by atoms with E-state index in [9.17, 15) is 0 Å². The molecule has 10 aromatic carbocycles. The minimum absolute atomic E-state index is 0.0286. The molecule has 0 unspecified atom stereocenters. The molecule has 1 N–H and O–H groups in total. The van der Waals surface area contributed by atoms with Gasteiger partial charge < -0.3 is 10.2 Å². The van der Waals surface area contributed by atoms with Gasteiger partial charge >= 0.3 is 0 Å². The Balaban J connectivity index is 0.000000137. The molecule has 0 radical (unpaired) electrons. The zero-order valence-electron chi connectivity index (χ0n) is 47.6. The molecule has 404 valence electrons. The maximum atomic E-state index is 3.58. The minimum atomic E-state index is -0.0321. The van der Waals surface area contributed by atoms with Gasteiger partial charge in [0.25, 0.3) is 0 Å². The van der Waals surface area contributed by atoms with E-state index in [0.29, 0.717) is 5.92 Å². The van der Waals surface area contributed by atoms with Crippen LogP contribution in [0, 0.1) is 0 Å². The van der Waals surface area contributed by atoms with Gasteiger partial charge in [0.05, 0.1) is 0 Å². The van der Waals surface area contributed by atoms with Crippen molar-refractivity contribution in [1.29, 1.82) is 0 Å². The number of fused-ring (bicyclic) bond motifs is 6. The summed E-state index contributed by atoms with van der Waals surface area (Å²) < 4.78 is 1.19. The van der Waals surface area contributed by atoms with Crippen LogP contribution in [0.3, 0.4) is 0 Å². The smallest absolute Gasteiger partial charge is 0.0465 e. The van der Waals surface area contributed by atoms with Gasteiger partial charge in [0, 0.05) is 43.7 Å². The molecule has 0 bridgehead atoms. The summed E-state index contributed by atoms with van der Waals surface area (Å²) in [6.07, 6.45) is 13.8. The van der Waals surface area contributed by atoms with Crippen molar-refractivity contribution in [2.75, 3.05) is 10.2 Å². The van der Waals surface area contributed by atoms with Crippen LogP contribution in [0.2, 0.25) is 0 Å². The Labute approximate surface area is 491 Å². The van der Waals surface area contributed by atoms with Gasteiger partial charge in [-0.05, 0) is 188 Å². The largest absolute Gasteiger partial charge is 0.356 e. The molecule has 3 heteroatoms. The van der Waals surface area contributed by atoms with E-state index in [1.54, 1.807) is 0 Å². The molecule has 10 aromatic rings. The lowest BCUT2D eigenvalue weighted by Crippen LogP contribution is -2.16. The zero-order valence-corrected chi connectivity index (χ0v) is 49.2. The molecule has 0 aromatic heterocycles. The first-order valence-electron chi connectivity index (χ1n) is 29.8. The van der Waals surface area contributed by atoms with Gasteiger partial charge in [0.1, 0.15) is 0 Å². The third-order valence-corrected chi connectivity index (χ3v) is 18.6. The van der Waals surface area contributed by atoms with Crippen LogP contribution in [-0.4, -0.2) is 0 Å². The van der Waals surface area contributed by atoms with Gasteiger partial charge in [0.2, 0.25) is 0 Å². The van der Waals surface area contributed by atoms with Crippen LogP contribution in [0.15, 0.2) is 247 Å². The Morgan fingerprint density at radius 3 is 1.21 bits per heavy atom. The molecule has 2 nitrogen and oxygen atoms in total. The first-order chi connectivity index (χ1) is 39.6. The van der Waals surface area contributed by atoms with Gasteiger partial charge in [-0.2, -0.15) is 0 Å². The molecular weight excluding hydrogens is 1040 g/mol. The van der Waals surface area contributed by atoms with Crippen molar-refractivity contribution < 1.29 is 0 Å². The normalized spacial score (nSPS) is 15.6. The number of halogens is 1. The maximum absolute atomic E-state index is 3.58. The van der Waals surface area contributed by atoms with E-state index in [1.807, 2.05) is 6.07 Å². The van der Waals surface area contributed by atoms with Crippen molar-refractivity contribution >= 4 is 44.4 Å². The highest BCUT2D eigenvalue weighted by atomic mass is 79.9. The first kappa shape index (κ1) is 53.9. The Morgan fingerprint density at radius 2 is 0.704 bits per heavy atom. The van der Waals surface area contributed by atoms with E-state index in [4.69, 9.17) is 0 Å². The summed E-state index contributed by atoms with van der Waals surface area (Å²) in [5.74, 6) is 1.54. The van der Waals surface area contributed by atoms with E-state index >= 15 is 0 Å². The SMILES string of the molecule is Brc1ccc(C2CCCCC2)cc1.CC1(C)c2ccccc2-c2ccc(N(c3ccc(-c4ccccc4)cc3)c3ccc(C4CCCCC4)cc3)cc21.CC1(C)c2ccccc2-c2ccc(Nc3ccc(-c4ccccc4)cc3)cc21. The number of hydrogen-bond donors (Lipinski definition) is 1. The maximum Gasteiger partial charge on any atom is 0.0465 e. The third kappa shape index (κ3) is 11.5. The summed E-state index contributed by atoms with van der Waals surface area (Å²) in [4.78, 5) is 2.43. The lowest BCUT2D eigenvalue weighted by atomic mass is 9.82. The predicted octanol–water partition coefficient (Wildman–Crippen LogP) is 23.1. The van der Waals surface area contributed by atoms with E-state index in [0.717, 1.165) is 17.3 Å². The molecule has 0 saturated heterocycles. The van der Waals surface area contributed by atoms with Crippen LogP contribution in [0.25, 0.3) is 44.5 Å². The molecule has 81 heavy (non-hydrogen) atoms. The Kier molecular flexibility index (Phi) is 15.8. The fraction of sp³-hybridized carbons (Fsp3) is 0.231. The van der Waals surface area contributed by atoms with Crippen molar-refractivity contribution in [3.05, 3.63) is 281 Å². The number of rotatable bonds is 9. The van der Waals surface area contributed by atoms with E-state index in [-0.39, 0.29) is 10.8 Å². The second-order valence-corrected chi connectivity index (χ2v) is 24.9. The fourth-order valence-electron chi connectivity index (χ4n) is 13.5. The third-order valence-electron chi connectivity index (χ3n) is 18.1. The Morgan fingerprint density at radius 1 is 0.333 bits per heavy atom. The molecule has 2 fully saturated rings. The molecular formula is C78H75BrN2. The second-order valence-electron chi connectivity index (χ2n) is 24.0. The molecule has 4 aliphatic carbocycles. The van der Waals surface area contributed by atoms with Crippen LogP contribution < -0.4 is 10.2 Å². The van der Waals surface area contributed by atoms with Gasteiger partial charge in [-0.3, -0.25) is 0 Å². The van der Waals surface area contributed by atoms with Crippen molar-refractivity contribution in [2.24, 2.45) is 0 Å². The van der Waals surface area contributed by atoms with Crippen LogP contribution in [-0.2, 0) is 10.8 Å². The summed E-state index contributed by atoms with van der Waals surface area (Å²) in [6, 6.07) is 88.5. The fourth-order valence-corrected chi connectivity index (χ4v) is 13.8. The summed E-state index contributed by atoms with van der Waals surface area (Å²) >= 11 is 3.47. The summed E-state index contributed by atoms with van der Waals surface area (Å²) in [5, 5.41) is 3.58. The molecule has 4 aliphatic rings. The average molecular weight is 1120 g/mol. The average Bonchev–Trinajstić information content (AvgIpc) is 3.92. The van der Waals surface area contributed by atoms with Gasteiger partial charge in [-0.1, -0.05) is 252 Å². The Hall–Kier alpha value is -7.72. The van der Waals surface area contributed by atoms with Gasteiger partial charge in [-0.25, -0.2) is 0 Å². The highest BCUT2D eigenvalue weighted by molar-refractivity contribution is 9.10. The standard InChI is InChI=1S/C39H37N.C27H23N.C12H15Br/c1-39(2)37-16-10-9-15-35(37)36-26-25-34(27-38(36)39)40(32-21-17-30(18-22-32)28-11-5-3-6-12-28)33-23-19-31(20-24-33)29-13-7-4-8-14-29;1-27(2)25-11-7-6-10-23(25)24-17-16-22(18-26(24)27)28-21-14-12-20(13-15-21)19-8-4-3-5-9-19;13-12-8-6-11(7-9-12)10-4-2-1-3-5-10/h3,5-6,9-12,15-27,29H,4,7-8,13-14H2,1-2H3;3-18,28H,1-2H3;6-10H,1-5H2. The lowest BCUT2D eigenvalue weighted by Gasteiger charge is -2.29. The molecule has 14 rings (SSSR count). The molecule has 0 atom stereocenters. The molecule has 0 heterocycles. The molecule has 0 amide bonds. The van der Waals surface area contributed by atoms with Crippen LogP contribution in [0.5, 0.6) is 0 Å². The molecule has 2 saturated carbocycles. The number of nitrogens with one attached hydrogen (secondary N) is 1. The quantitative estimate of drug-likeness (QED) is 0.155. The number of anilines is 5. The zero-order chi connectivity index (χ0) is 55.3. The highest BCUT2D eigenvalue weighted by Crippen LogP contribution is 2.52. The van der Waals surface area contributed by atoms with Gasteiger partial charge in [-0.15, -0.1) is 0 Å². The minimum Gasteiger partial charge on any atom is -0.356 e. The summed E-state index contributed by atoms with van der Waals surface area (Å²) in [6.45, 7) is 9.35. The van der Waals surface area contributed by atoms with Crippen molar-refractivity contribution in [1.82, 2.24) is 0 Å². The van der Waals surface area contributed by atoms with Crippen LogP contribution in [0.1, 0.15) is 137 Å². The topological polar surface area (TPSA) is 15.3 Å². The van der Waals surface area contributed by atoms with Crippen LogP contribution >= 0.6 is 15.9 Å². The van der Waals surface area contributed by atoms with Crippen molar-refractivity contribution in [2.45, 2.75) is 115 Å². The summed E-state index contributed by atoms with van der Waals surface area (Å²) in [5.41, 5.74) is 24.9. The van der Waals surface area contributed by atoms with Gasteiger partial charge in [0.15, 0.2) is 0 Å². The Bertz CT molecular complexity index is 3720. The lowest BCUT2D eigenvalue weighted by molar-refractivity contribution is 0.443. The first-order valence-corrected chi connectivity index (χ1v) is 30.6. The highest BCUT2D eigenvalue weighted by Gasteiger charge is 2.37. The second kappa shape index (κ2) is 23.8.